The lowest BCUT2D eigenvalue weighted by Crippen LogP contribution is -2.03. The van der Waals surface area contributed by atoms with E-state index in [0.29, 0.717) is 44.3 Å². The first-order chi connectivity index (χ1) is 14.5. The maximum absolute atomic E-state index is 6.23. The van der Waals surface area contributed by atoms with Crippen molar-refractivity contribution >= 4 is 39.0 Å². The number of benzene rings is 2. The molecule has 6 nitrogen and oxygen atoms in total. The van der Waals surface area contributed by atoms with E-state index in [4.69, 9.17) is 30.5 Å². The van der Waals surface area contributed by atoms with Crippen LogP contribution in [0.25, 0.3) is 22.3 Å². The molecule has 0 N–H and O–H groups in total. The number of hydrogen-bond donors (Lipinski definition) is 0. The molecule has 30 heavy (non-hydrogen) atoms. The van der Waals surface area contributed by atoms with Crippen LogP contribution in [0.5, 0.6) is 11.5 Å². The van der Waals surface area contributed by atoms with E-state index in [1.54, 1.807) is 20.3 Å². The number of ether oxygens (including phenoxy) is 2. The molecule has 2 heterocycles. The Kier molecular flexibility index (Phi) is 5.74. The molecule has 8 heteroatoms. The summed E-state index contributed by atoms with van der Waals surface area (Å²) in [7, 11) is 3.20. The van der Waals surface area contributed by atoms with Gasteiger partial charge in [-0.25, -0.2) is 4.99 Å². The molecule has 154 valence electrons. The van der Waals surface area contributed by atoms with Gasteiger partial charge in [0.25, 0.3) is 0 Å². The number of aromatic nitrogens is 2. The van der Waals surface area contributed by atoms with Crippen LogP contribution in [0.2, 0.25) is 5.02 Å². The Morgan fingerprint density at radius 2 is 1.80 bits per heavy atom. The highest BCUT2D eigenvalue weighted by molar-refractivity contribution is 7.15. The van der Waals surface area contributed by atoms with Gasteiger partial charge in [-0.1, -0.05) is 36.8 Å². The number of rotatable bonds is 5. The smallest absolute Gasteiger partial charge is 0.232 e. The van der Waals surface area contributed by atoms with E-state index >= 15 is 0 Å². The zero-order chi connectivity index (χ0) is 21.3. The molecule has 0 amide bonds. The Morgan fingerprint density at radius 3 is 2.50 bits per heavy atom. The van der Waals surface area contributed by atoms with Gasteiger partial charge < -0.3 is 13.9 Å². The molecule has 0 radical (unpaired) electrons. The summed E-state index contributed by atoms with van der Waals surface area (Å²) in [5.74, 6) is 2.20. The average molecular weight is 442 g/mol. The summed E-state index contributed by atoms with van der Waals surface area (Å²) in [6.07, 6.45) is 0. The fourth-order valence-electron chi connectivity index (χ4n) is 2.97. The highest BCUT2D eigenvalue weighted by Crippen LogP contribution is 2.33. The van der Waals surface area contributed by atoms with Crippen LogP contribution in [-0.4, -0.2) is 24.4 Å². The summed E-state index contributed by atoms with van der Waals surface area (Å²) < 4.78 is 16.9. The topological polar surface area (TPSA) is 69.7 Å². The molecule has 2 aromatic heterocycles. The van der Waals surface area contributed by atoms with Crippen molar-refractivity contribution in [2.75, 3.05) is 14.2 Å². The van der Waals surface area contributed by atoms with Gasteiger partial charge in [0.15, 0.2) is 11.5 Å². The van der Waals surface area contributed by atoms with Crippen LogP contribution < -0.4 is 14.8 Å². The average Bonchev–Trinajstić information content (AvgIpc) is 3.22. The zero-order valence-corrected chi connectivity index (χ0v) is 18.5. The van der Waals surface area contributed by atoms with Gasteiger partial charge >= 0.3 is 0 Å². The first-order valence-corrected chi connectivity index (χ1v) is 10.5. The quantitative estimate of drug-likeness (QED) is 0.381. The molecule has 0 saturated heterocycles. The monoisotopic (exact) mass is 441 g/mol. The Hall–Kier alpha value is -2.90. The Balaban J connectivity index is 1.93. The highest BCUT2D eigenvalue weighted by Gasteiger charge is 2.12. The molecule has 0 unspecified atom stereocenters. The second kappa shape index (κ2) is 8.45. The van der Waals surface area contributed by atoms with E-state index in [2.05, 4.69) is 24.0 Å². The summed E-state index contributed by atoms with van der Waals surface area (Å²) in [5, 5.41) is 12.1. The van der Waals surface area contributed by atoms with Crippen molar-refractivity contribution < 1.29 is 13.9 Å². The van der Waals surface area contributed by atoms with E-state index in [1.165, 1.54) is 11.3 Å². The summed E-state index contributed by atoms with van der Waals surface area (Å²) in [6, 6.07) is 12.9. The molecule has 0 saturated carbocycles. The lowest BCUT2D eigenvalue weighted by atomic mass is 10.1. The van der Waals surface area contributed by atoms with Crippen molar-refractivity contribution in [1.82, 2.24) is 10.2 Å². The van der Waals surface area contributed by atoms with Gasteiger partial charge in [-0.3, -0.25) is 0 Å². The standard InChI is InChI=1S/C22H20ClN3O3S/c1-12(2)21-25-26-22(30-21)24-16-11-19(29-17-8-6-14(23)10-15(16)17)13-5-7-18(27-3)20(9-13)28-4/h5-12H,1-4H3/b24-16+. The molecule has 0 spiro atoms. The van der Waals surface area contributed by atoms with Crippen molar-refractivity contribution in [2.24, 2.45) is 4.99 Å². The molecule has 4 aromatic rings. The van der Waals surface area contributed by atoms with Crippen LogP contribution in [0, 0.1) is 0 Å². The van der Waals surface area contributed by atoms with E-state index in [1.807, 2.05) is 36.4 Å². The fourth-order valence-corrected chi connectivity index (χ4v) is 3.88. The third-order valence-corrected chi connectivity index (χ3v) is 5.87. The van der Waals surface area contributed by atoms with Gasteiger partial charge in [-0.15, -0.1) is 10.2 Å². The minimum atomic E-state index is 0.297. The van der Waals surface area contributed by atoms with Gasteiger partial charge in [-0.05, 0) is 36.4 Å². The fraction of sp³-hybridized carbons (Fsp3) is 0.227. The van der Waals surface area contributed by atoms with Crippen molar-refractivity contribution in [3.05, 3.63) is 57.9 Å². The minimum Gasteiger partial charge on any atom is -0.493 e. The van der Waals surface area contributed by atoms with Crippen molar-refractivity contribution in [3.8, 4) is 22.8 Å². The molecule has 2 aromatic carbocycles. The van der Waals surface area contributed by atoms with Crippen LogP contribution in [0.3, 0.4) is 0 Å². The molecule has 0 fully saturated rings. The third-order valence-electron chi connectivity index (χ3n) is 4.51. The zero-order valence-electron chi connectivity index (χ0n) is 17.0. The number of hydrogen-bond acceptors (Lipinski definition) is 7. The first-order valence-electron chi connectivity index (χ1n) is 9.32. The molecular formula is C22H20ClN3O3S. The maximum Gasteiger partial charge on any atom is 0.232 e. The normalized spacial score (nSPS) is 12.0. The molecular weight excluding hydrogens is 422 g/mol. The molecule has 0 aliphatic heterocycles. The van der Waals surface area contributed by atoms with Crippen LogP contribution in [0.1, 0.15) is 24.8 Å². The predicted octanol–water partition coefficient (Wildman–Crippen LogP) is 5.98. The maximum atomic E-state index is 6.23. The number of nitrogens with zero attached hydrogens (tertiary/aromatic N) is 3. The Labute approximate surface area is 182 Å². The molecule has 4 rings (SSSR count). The molecule has 0 aliphatic carbocycles. The predicted molar refractivity (Wildman–Crippen MR) is 119 cm³/mol. The van der Waals surface area contributed by atoms with E-state index in [9.17, 15) is 0 Å². The second-order valence-corrected chi connectivity index (χ2v) is 8.32. The number of halogens is 1. The van der Waals surface area contributed by atoms with Crippen molar-refractivity contribution in [3.63, 3.8) is 0 Å². The lowest BCUT2D eigenvalue weighted by Gasteiger charge is -2.10. The molecule has 0 atom stereocenters. The van der Waals surface area contributed by atoms with Crippen LogP contribution >= 0.6 is 22.9 Å². The Morgan fingerprint density at radius 1 is 1.00 bits per heavy atom. The Bertz CT molecular complexity index is 1280. The van der Waals surface area contributed by atoms with Gasteiger partial charge in [0.2, 0.25) is 5.13 Å². The lowest BCUT2D eigenvalue weighted by molar-refractivity contribution is 0.355. The summed E-state index contributed by atoms with van der Waals surface area (Å²) in [4.78, 5) is 4.75. The largest absolute Gasteiger partial charge is 0.493 e. The second-order valence-electron chi connectivity index (χ2n) is 6.90. The minimum absolute atomic E-state index is 0.297. The summed E-state index contributed by atoms with van der Waals surface area (Å²) in [6.45, 7) is 4.16. The van der Waals surface area contributed by atoms with E-state index in [0.717, 1.165) is 16.0 Å². The van der Waals surface area contributed by atoms with Crippen LogP contribution in [0.4, 0.5) is 5.13 Å². The van der Waals surface area contributed by atoms with Gasteiger partial charge in [-0.2, -0.15) is 0 Å². The van der Waals surface area contributed by atoms with Gasteiger partial charge in [0.05, 0.1) is 19.6 Å². The number of methoxy groups -OCH3 is 2. The third kappa shape index (κ3) is 4.04. The summed E-state index contributed by atoms with van der Waals surface area (Å²) >= 11 is 7.70. The van der Waals surface area contributed by atoms with Crippen LogP contribution in [-0.2, 0) is 0 Å². The molecule has 0 aliphatic rings. The molecule has 0 bridgehead atoms. The van der Waals surface area contributed by atoms with E-state index < -0.39 is 0 Å². The first kappa shape index (κ1) is 20.4. The van der Waals surface area contributed by atoms with Crippen molar-refractivity contribution in [2.45, 2.75) is 19.8 Å². The SMILES string of the molecule is COc1ccc(-c2c/c(=N\c3nnc(C(C)C)s3)c3cc(Cl)ccc3o2)cc1OC. The van der Waals surface area contributed by atoms with E-state index in [-0.39, 0.29) is 0 Å². The van der Waals surface area contributed by atoms with Crippen molar-refractivity contribution in [1.29, 1.82) is 0 Å². The van der Waals surface area contributed by atoms with Gasteiger partial charge in [0, 0.05) is 28.0 Å². The summed E-state index contributed by atoms with van der Waals surface area (Å²) in [5.41, 5.74) is 1.50. The van der Waals surface area contributed by atoms with Crippen LogP contribution in [0.15, 0.2) is 51.9 Å². The number of fused-ring (bicyclic) bond motifs is 1. The highest BCUT2D eigenvalue weighted by atomic mass is 35.5. The van der Waals surface area contributed by atoms with Gasteiger partial charge in [0.1, 0.15) is 16.4 Å².